The summed E-state index contributed by atoms with van der Waals surface area (Å²) in [5.41, 5.74) is 6.27. The van der Waals surface area contributed by atoms with Gasteiger partial charge >= 0.3 is 0 Å². The van der Waals surface area contributed by atoms with Gasteiger partial charge in [0.15, 0.2) is 0 Å². The zero-order valence-electron chi connectivity index (χ0n) is 5.59. The van der Waals surface area contributed by atoms with Crippen LogP contribution in [0.25, 0.3) is 0 Å². The van der Waals surface area contributed by atoms with E-state index in [1.165, 1.54) is 0 Å². The monoisotopic (exact) mass is 232 g/mol. The van der Waals surface area contributed by atoms with Crippen LogP contribution >= 0.6 is 27.7 Å². The van der Waals surface area contributed by atoms with Gasteiger partial charge in [-0.05, 0) is 12.1 Å². The van der Waals surface area contributed by atoms with Crippen LogP contribution in [0.15, 0.2) is 33.2 Å². The molecule has 0 bridgehead atoms. The predicted octanol–water partition coefficient (Wildman–Crippen LogP) is 2.31. The van der Waals surface area contributed by atoms with E-state index in [4.69, 9.17) is 17.5 Å². The van der Waals surface area contributed by atoms with Gasteiger partial charge in [0.2, 0.25) is 0 Å². The van der Waals surface area contributed by atoms with Gasteiger partial charge in [0.05, 0.1) is 0 Å². The first-order valence-electron chi connectivity index (χ1n) is 2.94. The molecule has 0 saturated heterocycles. The molecule has 0 fully saturated rings. The topological polar surface area (TPSA) is 38.4 Å². The Morgan fingerprint density at radius 3 is 2.36 bits per heavy atom. The minimum atomic E-state index is 0.333. The smallest absolute Gasteiger partial charge is 0.145 e. The first-order chi connectivity index (χ1) is 5.24. The van der Waals surface area contributed by atoms with Gasteiger partial charge in [-0.3, -0.25) is 0 Å². The third kappa shape index (κ3) is 2.20. The first kappa shape index (κ1) is 8.56. The molecule has 2 nitrogen and oxygen atoms in total. The van der Waals surface area contributed by atoms with Crippen LogP contribution < -0.4 is 5.73 Å². The van der Waals surface area contributed by atoms with Crippen LogP contribution in [0.1, 0.15) is 5.56 Å². The maximum Gasteiger partial charge on any atom is 0.145 e. The number of rotatable bonds is 1. The second-order valence-corrected chi connectivity index (χ2v) is 3.06. The highest BCUT2D eigenvalue weighted by Gasteiger charge is 1.95. The van der Waals surface area contributed by atoms with Gasteiger partial charge in [-0.1, -0.05) is 28.1 Å². The van der Waals surface area contributed by atoms with Crippen LogP contribution in [0.3, 0.4) is 0 Å². The Labute approximate surface area is 78.3 Å². The lowest BCUT2D eigenvalue weighted by Crippen LogP contribution is -2.11. The second-order valence-electron chi connectivity index (χ2n) is 1.98. The number of nitrogens with two attached hydrogens (primary N) is 1. The Hall–Kier alpha value is -0.540. The van der Waals surface area contributed by atoms with E-state index in [2.05, 4.69) is 20.4 Å². The average Bonchev–Trinajstić information content (AvgIpc) is 2.05. The largest absolute Gasteiger partial charge is 0.382 e. The van der Waals surface area contributed by atoms with Crippen molar-refractivity contribution in [3.05, 3.63) is 34.3 Å². The van der Waals surface area contributed by atoms with Crippen molar-refractivity contribution in [3.8, 4) is 0 Å². The Morgan fingerprint density at radius 2 is 1.91 bits per heavy atom. The summed E-state index contributed by atoms with van der Waals surface area (Å²) in [5.74, 6) is 0.333. The number of benzene rings is 1. The molecule has 1 rings (SSSR count). The van der Waals surface area contributed by atoms with Crippen LogP contribution in [0.5, 0.6) is 0 Å². The second kappa shape index (κ2) is 3.74. The molecule has 0 saturated carbocycles. The summed E-state index contributed by atoms with van der Waals surface area (Å²) in [6.45, 7) is 0. The van der Waals surface area contributed by atoms with Crippen LogP contribution in [0, 0.1) is 0 Å². The zero-order valence-corrected chi connectivity index (χ0v) is 7.93. The van der Waals surface area contributed by atoms with Gasteiger partial charge in [-0.2, -0.15) is 4.51 Å². The Bertz CT molecular complexity index is 268. The molecule has 0 atom stereocenters. The van der Waals surface area contributed by atoms with Crippen molar-refractivity contribution in [3.63, 3.8) is 0 Å². The zero-order chi connectivity index (χ0) is 8.27. The SMILES string of the molecule is N/C(=N\Cl)c1ccc(Br)cc1. The minimum absolute atomic E-state index is 0.333. The molecule has 0 aliphatic carbocycles. The van der Waals surface area contributed by atoms with Gasteiger partial charge in [-0.15, -0.1) is 0 Å². The van der Waals surface area contributed by atoms with Crippen molar-refractivity contribution in [2.45, 2.75) is 0 Å². The Kier molecular flexibility index (Phi) is 2.91. The van der Waals surface area contributed by atoms with Gasteiger partial charge in [0.25, 0.3) is 0 Å². The van der Waals surface area contributed by atoms with Gasteiger partial charge in [-0.25, -0.2) is 0 Å². The first-order valence-corrected chi connectivity index (χ1v) is 4.07. The predicted molar refractivity (Wildman–Crippen MR) is 50.7 cm³/mol. The van der Waals surface area contributed by atoms with E-state index in [0.29, 0.717) is 5.84 Å². The van der Waals surface area contributed by atoms with E-state index in [1.807, 2.05) is 24.3 Å². The molecule has 0 aliphatic heterocycles. The van der Waals surface area contributed by atoms with E-state index >= 15 is 0 Å². The maximum atomic E-state index is 5.45. The molecular formula is C7H6BrClN2. The van der Waals surface area contributed by atoms with Crippen molar-refractivity contribution in [2.75, 3.05) is 0 Å². The highest BCUT2D eigenvalue weighted by molar-refractivity contribution is 9.10. The Morgan fingerprint density at radius 1 is 1.36 bits per heavy atom. The molecule has 0 aromatic heterocycles. The minimum Gasteiger partial charge on any atom is -0.382 e. The van der Waals surface area contributed by atoms with E-state index in [-0.39, 0.29) is 0 Å². The molecule has 4 heteroatoms. The number of halogens is 2. The van der Waals surface area contributed by atoms with Crippen LogP contribution in [0.2, 0.25) is 0 Å². The van der Waals surface area contributed by atoms with Crippen LogP contribution in [-0.4, -0.2) is 5.84 Å². The van der Waals surface area contributed by atoms with Crippen molar-refractivity contribution < 1.29 is 0 Å². The lowest BCUT2D eigenvalue weighted by molar-refractivity contribution is 1.54. The number of hydrogen-bond donors (Lipinski definition) is 1. The Balaban J connectivity index is 2.99. The number of hydrogen-bond acceptors (Lipinski definition) is 1. The standard InChI is InChI=1S/C7H6BrClN2/c8-6-3-1-5(2-4-6)7(10)11-9/h1-4H,(H2,10,11). The van der Waals surface area contributed by atoms with Gasteiger partial charge < -0.3 is 5.73 Å². The number of amidine groups is 1. The normalized spacial score (nSPS) is 11.6. The third-order valence-electron chi connectivity index (χ3n) is 1.23. The van der Waals surface area contributed by atoms with Crippen LogP contribution in [-0.2, 0) is 0 Å². The fourth-order valence-electron chi connectivity index (χ4n) is 0.669. The van der Waals surface area contributed by atoms with Crippen molar-refractivity contribution in [2.24, 2.45) is 10.2 Å². The molecule has 11 heavy (non-hydrogen) atoms. The quantitative estimate of drug-likeness (QED) is 0.587. The lowest BCUT2D eigenvalue weighted by Gasteiger charge is -1.96. The van der Waals surface area contributed by atoms with E-state index in [9.17, 15) is 0 Å². The van der Waals surface area contributed by atoms with Gasteiger partial charge in [0.1, 0.15) is 5.84 Å². The number of nitrogens with zero attached hydrogens (tertiary/aromatic N) is 1. The summed E-state index contributed by atoms with van der Waals surface area (Å²) in [7, 11) is 0. The fourth-order valence-corrected chi connectivity index (χ4v) is 1.03. The maximum absolute atomic E-state index is 5.45. The van der Waals surface area contributed by atoms with E-state index < -0.39 is 0 Å². The van der Waals surface area contributed by atoms with Crippen molar-refractivity contribution in [1.29, 1.82) is 0 Å². The molecule has 1 aromatic carbocycles. The molecule has 2 N–H and O–H groups in total. The molecule has 0 spiro atoms. The molecule has 0 unspecified atom stereocenters. The highest BCUT2D eigenvalue weighted by atomic mass is 79.9. The van der Waals surface area contributed by atoms with Gasteiger partial charge in [0, 0.05) is 21.8 Å². The van der Waals surface area contributed by atoms with E-state index in [0.717, 1.165) is 10.0 Å². The van der Waals surface area contributed by atoms with Crippen LogP contribution in [0.4, 0.5) is 0 Å². The average molecular weight is 233 g/mol. The lowest BCUT2D eigenvalue weighted by atomic mass is 10.2. The molecule has 1 aromatic rings. The molecule has 0 heterocycles. The molecular weight excluding hydrogens is 227 g/mol. The highest BCUT2D eigenvalue weighted by Crippen LogP contribution is 2.10. The summed E-state index contributed by atoms with van der Waals surface area (Å²) in [4.78, 5) is 0. The molecule has 0 amide bonds. The third-order valence-corrected chi connectivity index (χ3v) is 1.94. The molecule has 0 aliphatic rings. The summed E-state index contributed by atoms with van der Waals surface area (Å²) in [5, 5.41) is 0. The summed E-state index contributed by atoms with van der Waals surface area (Å²) < 4.78 is 4.34. The van der Waals surface area contributed by atoms with Crippen molar-refractivity contribution in [1.82, 2.24) is 0 Å². The molecule has 0 radical (unpaired) electrons. The van der Waals surface area contributed by atoms with Crippen molar-refractivity contribution >= 4 is 33.5 Å². The summed E-state index contributed by atoms with van der Waals surface area (Å²) >= 11 is 8.48. The summed E-state index contributed by atoms with van der Waals surface area (Å²) in [6.07, 6.45) is 0. The fraction of sp³-hybridized carbons (Fsp3) is 0. The summed E-state index contributed by atoms with van der Waals surface area (Å²) in [6, 6.07) is 7.44. The molecule has 58 valence electrons. The van der Waals surface area contributed by atoms with E-state index in [1.54, 1.807) is 0 Å².